The SMILES string of the molecule is COC(=O)[C@@H](CC(C)C)NC(=O)COC(=O)c1ccc(-n2nc(C)c(Cl)c2C)cc1. The van der Waals surface area contributed by atoms with Gasteiger partial charge in [-0.2, -0.15) is 5.10 Å². The largest absolute Gasteiger partial charge is 0.467 e. The third-order valence-electron chi connectivity index (χ3n) is 4.41. The molecule has 0 radical (unpaired) electrons. The van der Waals surface area contributed by atoms with Gasteiger partial charge in [-0.1, -0.05) is 25.4 Å². The van der Waals surface area contributed by atoms with Gasteiger partial charge >= 0.3 is 11.9 Å². The van der Waals surface area contributed by atoms with Crippen LogP contribution in [0.5, 0.6) is 0 Å². The quantitative estimate of drug-likeness (QED) is 0.640. The van der Waals surface area contributed by atoms with E-state index in [9.17, 15) is 14.4 Å². The number of benzene rings is 1. The van der Waals surface area contributed by atoms with Gasteiger partial charge in [0.05, 0.1) is 34.8 Å². The van der Waals surface area contributed by atoms with Crippen molar-refractivity contribution >= 4 is 29.4 Å². The van der Waals surface area contributed by atoms with Crippen molar-refractivity contribution in [3.8, 4) is 5.69 Å². The van der Waals surface area contributed by atoms with Gasteiger partial charge < -0.3 is 14.8 Å². The van der Waals surface area contributed by atoms with Gasteiger partial charge in [0.1, 0.15) is 6.04 Å². The molecule has 1 aromatic carbocycles. The van der Waals surface area contributed by atoms with Crippen LogP contribution in [0.3, 0.4) is 0 Å². The first-order chi connectivity index (χ1) is 14.1. The predicted molar refractivity (Wildman–Crippen MR) is 112 cm³/mol. The number of rotatable bonds is 8. The fourth-order valence-electron chi connectivity index (χ4n) is 2.89. The van der Waals surface area contributed by atoms with Crippen molar-refractivity contribution in [3.63, 3.8) is 0 Å². The van der Waals surface area contributed by atoms with E-state index in [0.717, 1.165) is 11.4 Å². The number of amides is 1. The number of carbonyl (C=O) groups is 3. The zero-order valence-electron chi connectivity index (χ0n) is 17.7. The van der Waals surface area contributed by atoms with E-state index in [1.165, 1.54) is 7.11 Å². The summed E-state index contributed by atoms with van der Waals surface area (Å²) < 4.78 is 11.4. The Balaban J connectivity index is 1.96. The summed E-state index contributed by atoms with van der Waals surface area (Å²) in [6.45, 7) is 7.01. The molecule has 0 spiro atoms. The number of ether oxygens (including phenoxy) is 2. The lowest BCUT2D eigenvalue weighted by Crippen LogP contribution is -2.44. The molecule has 0 fully saturated rings. The van der Waals surface area contributed by atoms with Crippen LogP contribution in [0.25, 0.3) is 5.69 Å². The van der Waals surface area contributed by atoms with E-state index in [1.807, 2.05) is 27.7 Å². The molecule has 0 aliphatic rings. The molecule has 0 saturated heterocycles. The molecule has 1 heterocycles. The molecule has 8 nitrogen and oxygen atoms in total. The molecule has 162 valence electrons. The molecule has 0 saturated carbocycles. The van der Waals surface area contributed by atoms with E-state index in [4.69, 9.17) is 21.1 Å². The van der Waals surface area contributed by atoms with Crippen molar-refractivity contribution in [1.82, 2.24) is 15.1 Å². The maximum absolute atomic E-state index is 12.2. The molecule has 9 heteroatoms. The number of halogens is 1. The van der Waals surface area contributed by atoms with E-state index in [0.29, 0.717) is 17.1 Å². The summed E-state index contributed by atoms with van der Waals surface area (Å²) >= 11 is 6.17. The van der Waals surface area contributed by atoms with Crippen LogP contribution >= 0.6 is 11.6 Å². The average Bonchev–Trinajstić information content (AvgIpc) is 2.98. The van der Waals surface area contributed by atoms with Gasteiger partial charge in [0.25, 0.3) is 5.91 Å². The van der Waals surface area contributed by atoms with E-state index in [-0.39, 0.29) is 11.5 Å². The second-order valence-electron chi connectivity index (χ2n) is 7.29. The van der Waals surface area contributed by atoms with Gasteiger partial charge in [-0.15, -0.1) is 0 Å². The maximum Gasteiger partial charge on any atom is 0.338 e. The average molecular weight is 436 g/mol. The van der Waals surface area contributed by atoms with Crippen LogP contribution in [-0.2, 0) is 19.1 Å². The fraction of sp³-hybridized carbons (Fsp3) is 0.429. The van der Waals surface area contributed by atoms with Gasteiger partial charge in [-0.05, 0) is 50.5 Å². The standard InChI is InChI=1S/C21H26ClN3O5/c1-12(2)10-17(21(28)29-5)23-18(26)11-30-20(27)15-6-8-16(9-7-15)25-14(4)19(22)13(3)24-25/h6-9,12,17H,10-11H2,1-5H3,(H,23,26)/t17-/m1/s1. The topological polar surface area (TPSA) is 99.5 Å². The van der Waals surface area contributed by atoms with Crippen LogP contribution in [0.15, 0.2) is 24.3 Å². The lowest BCUT2D eigenvalue weighted by Gasteiger charge is -2.18. The highest BCUT2D eigenvalue weighted by Crippen LogP contribution is 2.22. The maximum atomic E-state index is 12.2. The Kier molecular flexibility index (Phi) is 8.00. The third kappa shape index (κ3) is 5.82. The molecule has 2 rings (SSSR count). The van der Waals surface area contributed by atoms with Crippen LogP contribution in [0, 0.1) is 19.8 Å². The number of aryl methyl sites for hydroxylation is 1. The van der Waals surface area contributed by atoms with Crippen molar-refractivity contribution in [2.24, 2.45) is 5.92 Å². The van der Waals surface area contributed by atoms with E-state index >= 15 is 0 Å². The number of nitrogens with zero attached hydrogens (tertiary/aromatic N) is 2. The van der Waals surface area contributed by atoms with Crippen LogP contribution < -0.4 is 5.32 Å². The molecule has 0 aliphatic heterocycles. The minimum absolute atomic E-state index is 0.174. The van der Waals surface area contributed by atoms with Crippen molar-refractivity contribution < 1.29 is 23.9 Å². The Morgan fingerprint density at radius 2 is 1.80 bits per heavy atom. The van der Waals surface area contributed by atoms with Gasteiger partial charge in [0, 0.05) is 0 Å². The Morgan fingerprint density at radius 3 is 2.30 bits per heavy atom. The molecular formula is C21H26ClN3O5. The highest BCUT2D eigenvalue weighted by atomic mass is 35.5. The normalized spacial score (nSPS) is 11.8. The summed E-state index contributed by atoms with van der Waals surface area (Å²) in [6.07, 6.45) is 0.421. The van der Waals surface area contributed by atoms with E-state index in [1.54, 1.807) is 28.9 Å². The first-order valence-corrected chi connectivity index (χ1v) is 9.88. The van der Waals surface area contributed by atoms with Gasteiger partial charge in [-0.25, -0.2) is 14.3 Å². The zero-order valence-corrected chi connectivity index (χ0v) is 18.4. The summed E-state index contributed by atoms with van der Waals surface area (Å²) in [6, 6.07) is 5.80. The van der Waals surface area contributed by atoms with Crippen molar-refractivity contribution in [2.75, 3.05) is 13.7 Å². The van der Waals surface area contributed by atoms with Crippen LogP contribution in [0.2, 0.25) is 5.02 Å². The number of nitrogens with one attached hydrogen (secondary N) is 1. The minimum atomic E-state index is -0.784. The molecule has 1 amide bonds. The Labute approximate surface area is 180 Å². The van der Waals surface area contributed by atoms with Crippen molar-refractivity contribution in [3.05, 3.63) is 46.2 Å². The van der Waals surface area contributed by atoms with Gasteiger partial charge in [0.2, 0.25) is 0 Å². The fourth-order valence-corrected chi connectivity index (χ4v) is 3.01. The zero-order chi connectivity index (χ0) is 22.4. The first kappa shape index (κ1) is 23.4. The number of carbonyl (C=O) groups excluding carboxylic acids is 3. The van der Waals surface area contributed by atoms with Gasteiger partial charge in [0.15, 0.2) is 6.61 Å². The lowest BCUT2D eigenvalue weighted by atomic mass is 10.0. The number of hydrogen-bond donors (Lipinski definition) is 1. The number of aromatic nitrogens is 2. The number of esters is 2. The Hall–Kier alpha value is -2.87. The second kappa shape index (κ2) is 10.2. The van der Waals surface area contributed by atoms with Crippen molar-refractivity contribution in [1.29, 1.82) is 0 Å². The first-order valence-electron chi connectivity index (χ1n) is 9.50. The minimum Gasteiger partial charge on any atom is -0.467 e. The summed E-state index contributed by atoms with van der Waals surface area (Å²) in [5, 5.41) is 7.49. The predicted octanol–water partition coefficient (Wildman–Crippen LogP) is 3.00. The monoisotopic (exact) mass is 435 g/mol. The highest BCUT2D eigenvalue weighted by molar-refractivity contribution is 6.31. The van der Waals surface area contributed by atoms with Gasteiger partial charge in [-0.3, -0.25) is 4.79 Å². The number of methoxy groups -OCH3 is 1. The lowest BCUT2D eigenvalue weighted by molar-refractivity contribution is -0.145. The molecule has 0 bridgehead atoms. The van der Waals surface area contributed by atoms with Crippen molar-refractivity contribution in [2.45, 2.75) is 40.2 Å². The second-order valence-corrected chi connectivity index (χ2v) is 7.67. The summed E-state index contributed by atoms with van der Waals surface area (Å²) in [5.41, 5.74) is 2.53. The molecule has 1 aromatic heterocycles. The molecule has 1 atom stereocenters. The van der Waals surface area contributed by atoms with Crippen LogP contribution in [-0.4, -0.2) is 47.4 Å². The van der Waals surface area contributed by atoms with Crippen LogP contribution in [0.1, 0.15) is 42.0 Å². The number of hydrogen-bond acceptors (Lipinski definition) is 6. The molecule has 0 aliphatic carbocycles. The smallest absolute Gasteiger partial charge is 0.338 e. The molecular weight excluding hydrogens is 410 g/mol. The Bertz CT molecular complexity index is 921. The summed E-state index contributed by atoms with van der Waals surface area (Å²) in [4.78, 5) is 36.1. The van der Waals surface area contributed by atoms with E-state index in [2.05, 4.69) is 10.4 Å². The molecule has 0 unspecified atom stereocenters. The summed E-state index contributed by atoms with van der Waals surface area (Å²) in [7, 11) is 1.26. The molecule has 30 heavy (non-hydrogen) atoms. The molecule has 1 N–H and O–H groups in total. The Morgan fingerprint density at radius 1 is 1.17 bits per heavy atom. The summed E-state index contributed by atoms with van der Waals surface area (Å²) in [5.74, 6) is -1.59. The van der Waals surface area contributed by atoms with E-state index < -0.39 is 30.5 Å². The highest BCUT2D eigenvalue weighted by Gasteiger charge is 2.23. The van der Waals surface area contributed by atoms with Crippen LogP contribution in [0.4, 0.5) is 0 Å². The third-order valence-corrected chi connectivity index (χ3v) is 4.96. The molecule has 2 aromatic rings.